The van der Waals surface area contributed by atoms with Crippen molar-refractivity contribution in [2.45, 2.75) is 26.2 Å². The van der Waals surface area contributed by atoms with Gasteiger partial charge in [-0.05, 0) is 56.9 Å². The van der Waals surface area contributed by atoms with E-state index in [9.17, 15) is 4.79 Å². The Morgan fingerprint density at radius 1 is 1.28 bits per heavy atom. The molecule has 0 aromatic heterocycles. The lowest BCUT2D eigenvalue weighted by molar-refractivity contribution is 0.0948. The number of rotatable bonds is 6. The normalized spacial score (nSPS) is 18.0. The molecule has 0 unspecified atom stereocenters. The van der Waals surface area contributed by atoms with Crippen molar-refractivity contribution in [1.82, 2.24) is 10.2 Å². The molecule has 25 heavy (non-hydrogen) atoms. The van der Waals surface area contributed by atoms with E-state index in [0.717, 1.165) is 18.9 Å². The Hall–Kier alpha value is -1.95. The highest BCUT2D eigenvalue weighted by molar-refractivity contribution is 5.95. The minimum absolute atomic E-state index is 0.109. The second-order valence-corrected chi connectivity index (χ2v) is 6.84. The lowest BCUT2D eigenvalue weighted by atomic mass is 9.99. The highest BCUT2D eigenvalue weighted by Crippen LogP contribution is 2.40. The number of hydrogen-bond donors (Lipinski definition) is 1. The summed E-state index contributed by atoms with van der Waals surface area (Å²) in [6, 6.07) is 3.42. The summed E-state index contributed by atoms with van der Waals surface area (Å²) in [6.07, 6.45) is 3.52. The van der Waals surface area contributed by atoms with Crippen molar-refractivity contribution < 1.29 is 19.0 Å². The van der Waals surface area contributed by atoms with Crippen LogP contribution in [0.2, 0.25) is 0 Å². The molecule has 0 atom stereocenters. The summed E-state index contributed by atoms with van der Waals surface area (Å²) < 4.78 is 16.5. The van der Waals surface area contributed by atoms with Gasteiger partial charge in [0.25, 0.3) is 5.91 Å². The number of amides is 1. The molecule has 2 aliphatic rings. The Kier molecular flexibility index (Phi) is 6.02. The number of ether oxygens (including phenoxy) is 3. The standard InChI is InChI=1S/C19H28N2O4/c1-14-4-8-21(9-5-14)7-3-6-20-19(22)15-12-16(23-2)18-17(13-15)24-10-11-25-18/h12-14H,3-11H2,1-2H3,(H,20,22). The van der Waals surface area contributed by atoms with Crippen LogP contribution in [0.15, 0.2) is 12.1 Å². The van der Waals surface area contributed by atoms with E-state index in [1.807, 2.05) is 0 Å². The Balaban J connectivity index is 1.49. The van der Waals surface area contributed by atoms with Gasteiger partial charge in [-0.2, -0.15) is 0 Å². The third kappa shape index (κ3) is 4.57. The van der Waals surface area contributed by atoms with Gasteiger partial charge in [-0.25, -0.2) is 0 Å². The molecule has 1 fully saturated rings. The number of nitrogens with one attached hydrogen (secondary N) is 1. The van der Waals surface area contributed by atoms with E-state index >= 15 is 0 Å². The fourth-order valence-corrected chi connectivity index (χ4v) is 3.30. The van der Waals surface area contributed by atoms with Crippen molar-refractivity contribution in [1.29, 1.82) is 0 Å². The average Bonchev–Trinajstić information content (AvgIpc) is 2.65. The first-order chi connectivity index (χ1) is 12.2. The minimum Gasteiger partial charge on any atom is -0.493 e. The quantitative estimate of drug-likeness (QED) is 0.800. The van der Waals surface area contributed by atoms with Gasteiger partial charge < -0.3 is 24.4 Å². The van der Waals surface area contributed by atoms with Crippen molar-refractivity contribution in [3.63, 3.8) is 0 Å². The van der Waals surface area contributed by atoms with Crippen LogP contribution < -0.4 is 19.5 Å². The second kappa shape index (κ2) is 8.43. The predicted octanol–water partition coefficient (Wildman–Crippen LogP) is 2.32. The number of carbonyl (C=O) groups is 1. The van der Waals surface area contributed by atoms with Gasteiger partial charge in [-0.3, -0.25) is 4.79 Å². The highest BCUT2D eigenvalue weighted by atomic mass is 16.6. The van der Waals surface area contributed by atoms with Crippen LogP contribution in [0, 0.1) is 5.92 Å². The van der Waals surface area contributed by atoms with Crippen LogP contribution in [0.4, 0.5) is 0 Å². The summed E-state index contributed by atoms with van der Waals surface area (Å²) in [7, 11) is 1.56. The summed E-state index contributed by atoms with van der Waals surface area (Å²) in [5.74, 6) is 2.41. The second-order valence-electron chi connectivity index (χ2n) is 6.84. The van der Waals surface area contributed by atoms with E-state index in [0.29, 0.717) is 42.6 Å². The monoisotopic (exact) mass is 348 g/mol. The van der Waals surface area contributed by atoms with Gasteiger partial charge in [0, 0.05) is 12.1 Å². The maximum atomic E-state index is 12.4. The lowest BCUT2D eigenvalue weighted by Gasteiger charge is -2.30. The first-order valence-corrected chi connectivity index (χ1v) is 9.15. The number of carbonyl (C=O) groups excluding carboxylic acids is 1. The third-order valence-corrected chi connectivity index (χ3v) is 4.90. The molecule has 0 spiro atoms. The number of methoxy groups -OCH3 is 1. The van der Waals surface area contributed by atoms with E-state index in [1.54, 1.807) is 19.2 Å². The summed E-state index contributed by atoms with van der Waals surface area (Å²) in [5.41, 5.74) is 0.535. The van der Waals surface area contributed by atoms with Crippen molar-refractivity contribution in [2.75, 3.05) is 46.5 Å². The van der Waals surface area contributed by atoms with Crippen LogP contribution in [-0.2, 0) is 0 Å². The van der Waals surface area contributed by atoms with Gasteiger partial charge in [0.2, 0.25) is 5.75 Å². The summed E-state index contributed by atoms with van der Waals surface area (Å²) in [6.45, 7) is 7.35. The molecule has 1 N–H and O–H groups in total. The molecule has 1 aromatic carbocycles. The number of hydrogen-bond acceptors (Lipinski definition) is 5. The summed E-state index contributed by atoms with van der Waals surface area (Å²) in [4.78, 5) is 14.9. The summed E-state index contributed by atoms with van der Waals surface area (Å²) >= 11 is 0. The molecular weight excluding hydrogens is 320 g/mol. The minimum atomic E-state index is -0.109. The lowest BCUT2D eigenvalue weighted by Crippen LogP contribution is -2.35. The molecule has 0 saturated carbocycles. The summed E-state index contributed by atoms with van der Waals surface area (Å²) in [5, 5.41) is 2.99. The van der Waals surface area contributed by atoms with Gasteiger partial charge in [-0.15, -0.1) is 0 Å². The zero-order valence-electron chi connectivity index (χ0n) is 15.2. The molecule has 1 saturated heterocycles. The maximum Gasteiger partial charge on any atom is 0.251 e. The van der Waals surface area contributed by atoms with E-state index in [-0.39, 0.29) is 5.91 Å². The van der Waals surface area contributed by atoms with Crippen molar-refractivity contribution in [2.24, 2.45) is 5.92 Å². The van der Waals surface area contributed by atoms with E-state index in [4.69, 9.17) is 14.2 Å². The Bertz CT molecular complexity index is 580. The predicted molar refractivity (Wildman–Crippen MR) is 95.8 cm³/mol. The van der Waals surface area contributed by atoms with Crippen LogP contribution in [0.25, 0.3) is 0 Å². The first kappa shape index (κ1) is 17.9. The molecule has 2 heterocycles. The number of piperidine rings is 1. The maximum absolute atomic E-state index is 12.4. The smallest absolute Gasteiger partial charge is 0.251 e. The number of likely N-dealkylation sites (tertiary alicyclic amines) is 1. The van der Waals surface area contributed by atoms with Gasteiger partial charge in [0.1, 0.15) is 13.2 Å². The number of nitrogens with zero attached hydrogens (tertiary/aromatic N) is 1. The molecule has 1 aromatic rings. The Morgan fingerprint density at radius 3 is 2.80 bits per heavy atom. The molecule has 1 amide bonds. The molecule has 3 rings (SSSR count). The molecule has 0 bridgehead atoms. The van der Waals surface area contributed by atoms with E-state index in [1.165, 1.54) is 25.9 Å². The molecule has 2 aliphatic heterocycles. The van der Waals surface area contributed by atoms with E-state index < -0.39 is 0 Å². The third-order valence-electron chi connectivity index (χ3n) is 4.90. The number of fused-ring (bicyclic) bond motifs is 1. The Labute approximate surface area is 149 Å². The highest BCUT2D eigenvalue weighted by Gasteiger charge is 2.21. The first-order valence-electron chi connectivity index (χ1n) is 9.15. The average molecular weight is 348 g/mol. The molecular formula is C19H28N2O4. The van der Waals surface area contributed by atoms with Crippen LogP contribution in [0.5, 0.6) is 17.2 Å². The van der Waals surface area contributed by atoms with Crippen LogP contribution in [0.3, 0.4) is 0 Å². The van der Waals surface area contributed by atoms with Gasteiger partial charge in [-0.1, -0.05) is 6.92 Å². The van der Waals surface area contributed by atoms with Gasteiger partial charge in [0.15, 0.2) is 11.5 Å². The topological polar surface area (TPSA) is 60.0 Å². The zero-order chi connectivity index (χ0) is 17.6. The molecule has 138 valence electrons. The van der Waals surface area contributed by atoms with E-state index in [2.05, 4.69) is 17.1 Å². The van der Waals surface area contributed by atoms with Crippen molar-refractivity contribution >= 4 is 5.91 Å². The van der Waals surface area contributed by atoms with Crippen molar-refractivity contribution in [3.05, 3.63) is 17.7 Å². The number of benzene rings is 1. The SMILES string of the molecule is COc1cc(C(=O)NCCCN2CCC(C)CC2)cc2c1OCCO2. The molecule has 0 radical (unpaired) electrons. The molecule has 6 nitrogen and oxygen atoms in total. The Morgan fingerprint density at radius 2 is 2.04 bits per heavy atom. The van der Waals surface area contributed by atoms with Gasteiger partial charge in [0.05, 0.1) is 7.11 Å². The fraction of sp³-hybridized carbons (Fsp3) is 0.632. The molecule has 0 aliphatic carbocycles. The zero-order valence-corrected chi connectivity index (χ0v) is 15.2. The fourth-order valence-electron chi connectivity index (χ4n) is 3.30. The van der Waals surface area contributed by atoms with Crippen molar-refractivity contribution in [3.8, 4) is 17.2 Å². The van der Waals surface area contributed by atoms with Gasteiger partial charge >= 0.3 is 0 Å². The van der Waals surface area contributed by atoms with Crippen LogP contribution in [-0.4, -0.2) is 57.3 Å². The molecule has 6 heteroatoms. The largest absolute Gasteiger partial charge is 0.493 e. The van der Waals surface area contributed by atoms with Crippen LogP contribution in [0.1, 0.15) is 36.5 Å². The van der Waals surface area contributed by atoms with Crippen LogP contribution >= 0.6 is 0 Å².